The first-order valence-electron chi connectivity index (χ1n) is 7.53. The van der Waals surface area contributed by atoms with Gasteiger partial charge in [-0.25, -0.2) is 0 Å². The third-order valence-electron chi connectivity index (χ3n) is 3.52. The van der Waals surface area contributed by atoms with Gasteiger partial charge in [0, 0.05) is 23.5 Å². The summed E-state index contributed by atoms with van der Waals surface area (Å²) in [6, 6.07) is 12.6. The van der Waals surface area contributed by atoms with Crippen molar-refractivity contribution >= 4 is 23.1 Å². The number of aliphatic hydroxyl groups excluding tert-OH is 1. The molecule has 0 saturated carbocycles. The highest BCUT2D eigenvalue weighted by atomic mass is 32.1. The van der Waals surface area contributed by atoms with Gasteiger partial charge in [-0.2, -0.15) is 0 Å². The van der Waals surface area contributed by atoms with E-state index in [1.807, 2.05) is 18.2 Å². The second-order valence-corrected chi connectivity index (χ2v) is 6.49. The van der Waals surface area contributed by atoms with Crippen LogP contribution in [0.5, 0.6) is 0 Å². The first kappa shape index (κ1) is 17.4. The number of thiophene rings is 1. The molecule has 2 aromatic rings. The Morgan fingerprint density at radius 2 is 1.83 bits per heavy atom. The zero-order valence-corrected chi connectivity index (χ0v) is 14.0. The van der Waals surface area contributed by atoms with Crippen molar-refractivity contribution in [3.05, 3.63) is 57.8 Å². The van der Waals surface area contributed by atoms with Crippen LogP contribution >= 0.6 is 11.3 Å². The molecule has 0 spiro atoms. The van der Waals surface area contributed by atoms with Gasteiger partial charge in [0.15, 0.2) is 0 Å². The van der Waals surface area contributed by atoms with Gasteiger partial charge in [0.25, 0.3) is 0 Å². The molecular weight excluding hydrogens is 312 g/mol. The van der Waals surface area contributed by atoms with Crippen LogP contribution in [0.1, 0.15) is 46.3 Å². The molecule has 0 aliphatic heterocycles. The number of carbonyl (C=O) groups is 2. The number of aliphatic hydroxyl groups is 1. The summed E-state index contributed by atoms with van der Waals surface area (Å²) >= 11 is 1.31. The van der Waals surface area contributed by atoms with E-state index in [0.29, 0.717) is 16.9 Å². The number of ketones is 1. The first-order chi connectivity index (χ1) is 11.0. The second-order valence-electron chi connectivity index (χ2n) is 5.38. The molecule has 0 saturated heterocycles. The monoisotopic (exact) mass is 332 g/mol. The topological polar surface area (TPSA) is 63.6 Å². The van der Waals surface area contributed by atoms with Gasteiger partial charge >= 0.3 is 5.97 Å². The molecule has 0 amide bonds. The quantitative estimate of drug-likeness (QED) is 0.623. The normalized spacial score (nSPS) is 13.3. The predicted octanol–water partition coefficient (Wildman–Crippen LogP) is 3.40. The molecule has 23 heavy (non-hydrogen) atoms. The van der Waals surface area contributed by atoms with Crippen LogP contribution in [0.3, 0.4) is 0 Å². The van der Waals surface area contributed by atoms with Gasteiger partial charge in [0.1, 0.15) is 6.10 Å². The molecule has 0 aliphatic carbocycles. The lowest BCUT2D eigenvalue weighted by Crippen LogP contribution is -2.20. The zero-order chi connectivity index (χ0) is 16.8. The number of rotatable bonds is 7. The maximum absolute atomic E-state index is 12.4. The van der Waals surface area contributed by atoms with Crippen LogP contribution in [0.25, 0.3) is 0 Å². The van der Waals surface area contributed by atoms with E-state index >= 15 is 0 Å². The van der Waals surface area contributed by atoms with Crippen molar-refractivity contribution in [2.24, 2.45) is 0 Å². The highest BCUT2D eigenvalue weighted by Gasteiger charge is 2.22. The Hall–Kier alpha value is -1.98. The minimum atomic E-state index is -0.432. The fourth-order valence-corrected chi connectivity index (χ4v) is 3.11. The average molecular weight is 332 g/mol. The molecule has 0 bridgehead atoms. The van der Waals surface area contributed by atoms with E-state index in [1.165, 1.54) is 11.3 Å². The highest BCUT2D eigenvalue weighted by Crippen LogP contribution is 2.27. The highest BCUT2D eigenvalue weighted by molar-refractivity contribution is 7.14. The summed E-state index contributed by atoms with van der Waals surface area (Å²) in [5.74, 6) is -0.818. The molecule has 1 aromatic heterocycles. The van der Waals surface area contributed by atoms with Gasteiger partial charge in [-0.05, 0) is 26.0 Å². The van der Waals surface area contributed by atoms with Gasteiger partial charge in [-0.3, -0.25) is 9.59 Å². The first-order valence-corrected chi connectivity index (χ1v) is 8.35. The van der Waals surface area contributed by atoms with E-state index in [2.05, 4.69) is 0 Å². The maximum Gasteiger partial charge on any atom is 0.314 e. The van der Waals surface area contributed by atoms with Gasteiger partial charge < -0.3 is 9.84 Å². The number of ether oxygens (including phenoxy) is 1. The third-order valence-corrected chi connectivity index (χ3v) is 4.79. The molecule has 5 heteroatoms. The minimum Gasteiger partial charge on any atom is -0.462 e. The summed E-state index contributed by atoms with van der Waals surface area (Å²) in [5, 5.41) is 8.85. The van der Waals surface area contributed by atoms with E-state index in [9.17, 15) is 9.59 Å². The average Bonchev–Trinajstić information content (AvgIpc) is 3.04. The number of hydrogen-bond acceptors (Lipinski definition) is 5. The molecule has 1 N–H and O–H groups in total. The smallest absolute Gasteiger partial charge is 0.314 e. The van der Waals surface area contributed by atoms with Crippen molar-refractivity contribution in [2.45, 2.75) is 32.3 Å². The summed E-state index contributed by atoms with van der Waals surface area (Å²) < 4.78 is 5.28. The Balaban J connectivity index is 2.06. The van der Waals surface area contributed by atoms with Crippen LogP contribution in [-0.2, 0) is 9.53 Å². The lowest BCUT2D eigenvalue weighted by atomic mass is 10.1. The molecule has 2 atom stereocenters. The Kier molecular flexibility index (Phi) is 6.07. The van der Waals surface area contributed by atoms with Gasteiger partial charge in [-0.1, -0.05) is 30.3 Å². The fourth-order valence-electron chi connectivity index (χ4n) is 2.10. The molecule has 0 aliphatic rings. The lowest BCUT2D eigenvalue weighted by Gasteiger charge is -2.15. The van der Waals surface area contributed by atoms with E-state index in [-0.39, 0.29) is 24.5 Å². The zero-order valence-electron chi connectivity index (χ0n) is 13.2. The standard InChI is InChI=1S/C18H20O4S/c1-12(10-11-19)22-18(21)13(2)15-8-9-16(23-15)17(20)14-6-4-3-5-7-14/h3-9,12-13,19H,10-11H2,1-2H3. The predicted molar refractivity (Wildman–Crippen MR) is 89.9 cm³/mol. The van der Waals surface area contributed by atoms with Crippen LogP contribution in [0.2, 0.25) is 0 Å². The van der Waals surface area contributed by atoms with Crippen molar-refractivity contribution < 1.29 is 19.4 Å². The van der Waals surface area contributed by atoms with E-state index in [0.717, 1.165) is 4.88 Å². The number of carbonyl (C=O) groups excluding carboxylic acids is 2. The van der Waals surface area contributed by atoms with Gasteiger partial charge in [0.05, 0.1) is 10.8 Å². The van der Waals surface area contributed by atoms with Crippen LogP contribution in [0.15, 0.2) is 42.5 Å². The second kappa shape index (κ2) is 8.04. The summed E-state index contributed by atoms with van der Waals surface area (Å²) in [6.07, 6.45) is 0.0982. The number of esters is 1. The molecule has 0 fully saturated rings. The Morgan fingerprint density at radius 3 is 2.48 bits per heavy atom. The minimum absolute atomic E-state index is 0.0163. The molecule has 1 heterocycles. The molecule has 2 unspecified atom stereocenters. The van der Waals surface area contributed by atoms with Crippen molar-refractivity contribution in [1.29, 1.82) is 0 Å². The summed E-state index contributed by atoms with van der Waals surface area (Å²) in [4.78, 5) is 25.9. The van der Waals surface area contributed by atoms with Crippen molar-refractivity contribution in [2.75, 3.05) is 6.61 Å². The van der Waals surface area contributed by atoms with Crippen LogP contribution in [0, 0.1) is 0 Å². The SMILES string of the molecule is CC(CCO)OC(=O)C(C)c1ccc(C(=O)c2ccccc2)s1. The van der Waals surface area contributed by atoms with Crippen molar-refractivity contribution in [1.82, 2.24) is 0 Å². The number of hydrogen-bond donors (Lipinski definition) is 1. The van der Waals surface area contributed by atoms with Crippen molar-refractivity contribution in [3.8, 4) is 0 Å². The molecule has 122 valence electrons. The number of benzene rings is 1. The van der Waals surface area contributed by atoms with E-state index in [1.54, 1.807) is 38.1 Å². The molecule has 1 aromatic carbocycles. The van der Waals surface area contributed by atoms with Gasteiger partial charge in [0.2, 0.25) is 5.78 Å². The summed E-state index contributed by atoms with van der Waals surface area (Å²) in [5.41, 5.74) is 0.632. The molecular formula is C18H20O4S. The maximum atomic E-state index is 12.4. The summed E-state index contributed by atoms with van der Waals surface area (Å²) in [7, 11) is 0. The molecule has 0 radical (unpaired) electrons. The Labute approximate surface area is 139 Å². The molecule has 4 nitrogen and oxygen atoms in total. The largest absolute Gasteiger partial charge is 0.462 e. The third kappa shape index (κ3) is 4.50. The lowest BCUT2D eigenvalue weighted by molar-refractivity contribution is -0.150. The van der Waals surface area contributed by atoms with Crippen molar-refractivity contribution in [3.63, 3.8) is 0 Å². The van der Waals surface area contributed by atoms with E-state index in [4.69, 9.17) is 9.84 Å². The Bertz CT molecular complexity index is 663. The summed E-state index contributed by atoms with van der Waals surface area (Å²) in [6.45, 7) is 3.49. The van der Waals surface area contributed by atoms with E-state index < -0.39 is 5.92 Å². The fraction of sp³-hybridized carbons (Fsp3) is 0.333. The van der Waals surface area contributed by atoms with Crippen LogP contribution < -0.4 is 0 Å². The van der Waals surface area contributed by atoms with Crippen LogP contribution in [0.4, 0.5) is 0 Å². The Morgan fingerprint density at radius 1 is 1.13 bits per heavy atom. The van der Waals surface area contributed by atoms with Crippen LogP contribution in [-0.4, -0.2) is 29.6 Å². The molecule has 2 rings (SSSR count). The van der Waals surface area contributed by atoms with Gasteiger partial charge in [-0.15, -0.1) is 11.3 Å².